The van der Waals surface area contributed by atoms with Gasteiger partial charge in [-0.2, -0.15) is 0 Å². The third-order valence-electron chi connectivity index (χ3n) is 4.66. The highest BCUT2D eigenvalue weighted by atomic mass is 16.1. The van der Waals surface area contributed by atoms with Crippen molar-refractivity contribution in [3.63, 3.8) is 0 Å². The number of hydrogen-bond acceptors (Lipinski definition) is 1. The van der Waals surface area contributed by atoms with Crippen LogP contribution in [0.3, 0.4) is 0 Å². The van der Waals surface area contributed by atoms with Gasteiger partial charge in [-0.15, -0.1) is 0 Å². The van der Waals surface area contributed by atoms with Gasteiger partial charge in [0, 0.05) is 5.56 Å². The lowest BCUT2D eigenvalue weighted by Gasteiger charge is -2.16. The molecule has 1 amide bonds. The van der Waals surface area contributed by atoms with Crippen LogP contribution in [0.1, 0.15) is 28.9 Å². The van der Waals surface area contributed by atoms with Crippen molar-refractivity contribution in [3.05, 3.63) is 96.1 Å². The van der Waals surface area contributed by atoms with E-state index >= 15 is 0 Å². The van der Waals surface area contributed by atoms with Gasteiger partial charge in [-0.25, -0.2) is 0 Å². The van der Waals surface area contributed by atoms with Crippen molar-refractivity contribution in [2.45, 2.75) is 13.0 Å². The lowest BCUT2D eigenvalue weighted by atomic mass is 10.0. The van der Waals surface area contributed by atoms with E-state index < -0.39 is 0 Å². The van der Waals surface area contributed by atoms with Crippen molar-refractivity contribution >= 4 is 27.5 Å². The van der Waals surface area contributed by atoms with Crippen LogP contribution < -0.4 is 5.32 Å². The molecule has 4 aromatic rings. The van der Waals surface area contributed by atoms with E-state index in [4.69, 9.17) is 0 Å². The number of nitrogens with one attached hydrogen (secondary N) is 1. The maximum absolute atomic E-state index is 12.8. The Labute approximate surface area is 147 Å². The average Bonchev–Trinajstić information content (AvgIpc) is 2.67. The van der Waals surface area contributed by atoms with Gasteiger partial charge in [0.1, 0.15) is 0 Å². The Morgan fingerprint density at radius 1 is 0.760 bits per heavy atom. The third kappa shape index (κ3) is 2.99. The van der Waals surface area contributed by atoms with Crippen LogP contribution in [0.25, 0.3) is 21.5 Å². The molecular formula is C23H19NO. The highest BCUT2D eigenvalue weighted by Gasteiger charge is 2.14. The molecule has 25 heavy (non-hydrogen) atoms. The second-order valence-electron chi connectivity index (χ2n) is 6.33. The summed E-state index contributed by atoms with van der Waals surface area (Å²) in [5.41, 5.74) is 1.82. The number of carbonyl (C=O) groups is 1. The highest BCUT2D eigenvalue weighted by molar-refractivity contribution is 6.07. The first-order chi connectivity index (χ1) is 12.2. The molecule has 4 rings (SSSR count). The van der Waals surface area contributed by atoms with E-state index in [1.54, 1.807) is 0 Å². The molecule has 0 saturated carbocycles. The largest absolute Gasteiger partial charge is 0.345 e. The van der Waals surface area contributed by atoms with E-state index in [1.165, 1.54) is 10.8 Å². The molecule has 0 unspecified atom stereocenters. The fourth-order valence-electron chi connectivity index (χ4n) is 3.26. The van der Waals surface area contributed by atoms with Crippen LogP contribution in [0.5, 0.6) is 0 Å². The Morgan fingerprint density at radius 3 is 2.28 bits per heavy atom. The van der Waals surface area contributed by atoms with Crippen LogP contribution in [0.2, 0.25) is 0 Å². The number of carbonyl (C=O) groups excluding carboxylic acids is 1. The summed E-state index contributed by atoms with van der Waals surface area (Å²) in [6.45, 7) is 2.02. The minimum atomic E-state index is -0.0592. The molecule has 0 bridgehead atoms. The maximum Gasteiger partial charge on any atom is 0.252 e. The standard InChI is InChI=1S/C23H19NO/c1-16(19-14-13-17-7-2-3-9-20(17)15-19)24-23(25)22-12-6-10-18-8-4-5-11-21(18)22/h2-16H,1H3,(H,24,25)/t16-/m1/s1. The lowest BCUT2D eigenvalue weighted by molar-refractivity contribution is 0.0941. The summed E-state index contributed by atoms with van der Waals surface area (Å²) in [4.78, 5) is 12.8. The highest BCUT2D eigenvalue weighted by Crippen LogP contribution is 2.22. The van der Waals surface area contributed by atoms with Crippen LogP contribution in [-0.2, 0) is 0 Å². The predicted octanol–water partition coefficient (Wildman–Crippen LogP) is 5.48. The number of hydrogen-bond donors (Lipinski definition) is 1. The summed E-state index contributed by atoms with van der Waals surface area (Å²) >= 11 is 0. The van der Waals surface area contributed by atoms with E-state index in [1.807, 2.05) is 61.5 Å². The summed E-state index contributed by atoms with van der Waals surface area (Å²) in [6, 6.07) is 28.3. The first-order valence-electron chi connectivity index (χ1n) is 8.50. The molecule has 2 heteroatoms. The van der Waals surface area contributed by atoms with Crippen LogP contribution in [-0.4, -0.2) is 5.91 Å². The molecule has 2 nitrogen and oxygen atoms in total. The Bertz CT molecular complexity index is 1060. The SMILES string of the molecule is C[C@@H](NC(=O)c1cccc2ccccc12)c1ccc2ccccc2c1. The maximum atomic E-state index is 12.8. The zero-order valence-corrected chi connectivity index (χ0v) is 14.1. The minimum Gasteiger partial charge on any atom is -0.345 e. The molecule has 0 aromatic heterocycles. The van der Waals surface area contributed by atoms with Crippen molar-refractivity contribution in [3.8, 4) is 0 Å². The number of fused-ring (bicyclic) bond motifs is 2. The number of rotatable bonds is 3. The van der Waals surface area contributed by atoms with Crippen LogP contribution in [0.4, 0.5) is 0 Å². The molecule has 0 fully saturated rings. The topological polar surface area (TPSA) is 29.1 Å². The average molecular weight is 325 g/mol. The second kappa shape index (κ2) is 6.40. The molecule has 0 aliphatic heterocycles. The van der Waals surface area contributed by atoms with Crippen molar-refractivity contribution < 1.29 is 4.79 Å². The first kappa shape index (κ1) is 15.4. The Morgan fingerprint density at radius 2 is 1.44 bits per heavy atom. The van der Waals surface area contributed by atoms with E-state index in [0.29, 0.717) is 5.56 Å². The lowest BCUT2D eigenvalue weighted by Crippen LogP contribution is -2.26. The van der Waals surface area contributed by atoms with Crippen LogP contribution in [0, 0.1) is 0 Å². The molecule has 0 spiro atoms. The summed E-state index contributed by atoms with van der Waals surface area (Å²) in [5, 5.41) is 7.58. The Kier molecular flexibility index (Phi) is 3.95. The zero-order valence-electron chi connectivity index (χ0n) is 14.1. The molecule has 0 radical (unpaired) electrons. The molecule has 4 aromatic carbocycles. The van der Waals surface area contributed by atoms with Crippen molar-refractivity contribution in [1.82, 2.24) is 5.32 Å². The molecule has 0 saturated heterocycles. The van der Waals surface area contributed by atoms with Gasteiger partial charge in [0.2, 0.25) is 0 Å². The molecule has 1 atom stereocenters. The number of amides is 1. The first-order valence-corrected chi connectivity index (χ1v) is 8.50. The molecule has 1 N–H and O–H groups in total. The van der Waals surface area contributed by atoms with Gasteiger partial charge in [-0.05, 0) is 46.2 Å². The van der Waals surface area contributed by atoms with Crippen LogP contribution in [0.15, 0.2) is 84.9 Å². The van der Waals surface area contributed by atoms with Crippen LogP contribution >= 0.6 is 0 Å². The predicted molar refractivity (Wildman–Crippen MR) is 104 cm³/mol. The van der Waals surface area contributed by atoms with E-state index in [2.05, 4.69) is 35.6 Å². The van der Waals surface area contributed by atoms with Crippen molar-refractivity contribution in [2.24, 2.45) is 0 Å². The summed E-state index contributed by atoms with van der Waals surface area (Å²) < 4.78 is 0. The smallest absolute Gasteiger partial charge is 0.252 e. The fourth-order valence-corrected chi connectivity index (χ4v) is 3.26. The molecule has 0 heterocycles. The van der Waals surface area contributed by atoms with Gasteiger partial charge in [-0.3, -0.25) is 4.79 Å². The van der Waals surface area contributed by atoms with E-state index in [0.717, 1.165) is 16.3 Å². The Hall–Kier alpha value is -3.13. The van der Waals surface area contributed by atoms with E-state index in [-0.39, 0.29) is 11.9 Å². The van der Waals surface area contributed by atoms with Gasteiger partial charge < -0.3 is 5.32 Å². The summed E-state index contributed by atoms with van der Waals surface area (Å²) in [5.74, 6) is -0.0440. The van der Waals surface area contributed by atoms with Gasteiger partial charge in [0.25, 0.3) is 5.91 Å². The monoisotopic (exact) mass is 325 g/mol. The quantitative estimate of drug-likeness (QED) is 0.530. The van der Waals surface area contributed by atoms with E-state index in [9.17, 15) is 4.79 Å². The Balaban J connectivity index is 1.62. The molecule has 0 aliphatic carbocycles. The van der Waals surface area contributed by atoms with Gasteiger partial charge in [0.05, 0.1) is 6.04 Å². The molecular weight excluding hydrogens is 306 g/mol. The zero-order chi connectivity index (χ0) is 17.2. The number of benzene rings is 4. The fraction of sp³-hybridized carbons (Fsp3) is 0.0870. The van der Waals surface area contributed by atoms with Crippen molar-refractivity contribution in [1.29, 1.82) is 0 Å². The van der Waals surface area contributed by atoms with Gasteiger partial charge in [0.15, 0.2) is 0 Å². The van der Waals surface area contributed by atoms with Gasteiger partial charge >= 0.3 is 0 Å². The molecule has 0 aliphatic rings. The van der Waals surface area contributed by atoms with Gasteiger partial charge in [-0.1, -0.05) is 72.8 Å². The normalized spacial score (nSPS) is 12.2. The summed E-state index contributed by atoms with van der Waals surface area (Å²) in [7, 11) is 0. The van der Waals surface area contributed by atoms with Crippen molar-refractivity contribution in [2.75, 3.05) is 0 Å². The second-order valence-corrected chi connectivity index (χ2v) is 6.33. The minimum absolute atomic E-state index is 0.0440. The summed E-state index contributed by atoms with van der Waals surface area (Å²) in [6.07, 6.45) is 0. The third-order valence-corrected chi connectivity index (χ3v) is 4.66. The molecule has 122 valence electrons.